The summed E-state index contributed by atoms with van der Waals surface area (Å²) in [5.41, 5.74) is 0.857. The summed E-state index contributed by atoms with van der Waals surface area (Å²) < 4.78 is 9.59. The van der Waals surface area contributed by atoms with E-state index >= 15 is 0 Å². The summed E-state index contributed by atoms with van der Waals surface area (Å²) >= 11 is 1.35. The number of carbonyl (C=O) groups is 1. The van der Waals surface area contributed by atoms with E-state index < -0.39 is 5.91 Å². The predicted octanol–water partition coefficient (Wildman–Crippen LogP) is 1.70. The quantitative estimate of drug-likeness (QED) is 0.882. The van der Waals surface area contributed by atoms with E-state index in [2.05, 4.69) is 15.5 Å². The largest absolute Gasteiger partial charge is 0.479 e. The summed E-state index contributed by atoms with van der Waals surface area (Å²) in [5.74, 6) is -0.0460. The Bertz CT molecular complexity index is 506. The lowest BCUT2D eigenvalue weighted by Gasteiger charge is -1.95. The molecular formula is C9H9N3O3S. The van der Waals surface area contributed by atoms with Gasteiger partial charge in [0.1, 0.15) is 0 Å². The summed E-state index contributed by atoms with van der Waals surface area (Å²) in [6.45, 7) is 1.85. The minimum Gasteiger partial charge on any atom is -0.479 e. The highest BCUT2D eigenvalue weighted by molar-refractivity contribution is 7.13. The van der Waals surface area contributed by atoms with Crippen molar-refractivity contribution in [1.82, 2.24) is 10.1 Å². The average Bonchev–Trinajstić information content (AvgIpc) is 2.87. The Kier molecular flexibility index (Phi) is 2.86. The van der Waals surface area contributed by atoms with Crippen LogP contribution in [0, 0.1) is 6.92 Å². The van der Waals surface area contributed by atoms with Crippen LogP contribution in [0.5, 0.6) is 5.88 Å². The van der Waals surface area contributed by atoms with Crippen molar-refractivity contribution in [1.29, 1.82) is 0 Å². The molecule has 0 aromatic carbocycles. The maximum atomic E-state index is 11.6. The number of amides is 1. The fourth-order valence-corrected chi connectivity index (χ4v) is 1.72. The normalized spacial score (nSPS) is 10.1. The minimum absolute atomic E-state index is 0.0877. The molecule has 2 rings (SSSR count). The van der Waals surface area contributed by atoms with Crippen LogP contribution in [0.3, 0.4) is 0 Å². The monoisotopic (exact) mass is 239 g/mol. The highest BCUT2D eigenvalue weighted by atomic mass is 32.1. The van der Waals surface area contributed by atoms with Crippen molar-refractivity contribution in [3.05, 3.63) is 22.9 Å². The Morgan fingerprint density at radius 2 is 2.44 bits per heavy atom. The number of nitrogens with zero attached hydrogens (tertiary/aromatic N) is 2. The number of thiazole rings is 1. The van der Waals surface area contributed by atoms with Gasteiger partial charge in [0.05, 0.1) is 18.9 Å². The fraction of sp³-hybridized carbons (Fsp3) is 0.222. The number of rotatable bonds is 3. The van der Waals surface area contributed by atoms with Gasteiger partial charge in [-0.2, -0.15) is 0 Å². The van der Waals surface area contributed by atoms with Gasteiger partial charge in [-0.15, -0.1) is 11.3 Å². The average molecular weight is 239 g/mol. The molecule has 0 saturated carbocycles. The van der Waals surface area contributed by atoms with E-state index in [1.165, 1.54) is 24.5 Å². The molecule has 0 aliphatic heterocycles. The molecule has 0 aliphatic carbocycles. The second-order valence-electron chi connectivity index (χ2n) is 2.98. The molecule has 0 bridgehead atoms. The number of nitrogens with one attached hydrogen (secondary N) is 1. The van der Waals surface area contributed by atoms with Crippen LogP contribution in [0.4, 0.5) is 5.13 Å². The molecule has 84 valence electrons. The van der Waals surface area contributed by atoms with Crippen LogP contribution in [-0.4, -0.2) is 23.2 Å². The van der Waals surface area contributed by atoms with Gasteiger partial charge in [0, 0.05) is 5.38 Å². The third kappa shape index (κ3) is 2.19. The summed E-state index contributed by atoms with van der Waals surface area (Å²) in [4.78, 5) is 15.7. The highest BCUT2D eigenvalue weighted by Crippen LogP contribution is 2.17. The zero-order valence-electron chi connectivity index (χ0n) is 8.68. The smallest absolute Gasteiger partial charge is 0.296 e. The van der Waals surface area contributed by atoms with Crippen molar-refractivity contribution >= 4 is 22.4 Å². The second-order valence-corrected chi connectivity index (χ2v) is 3.84. The predicted molar refractivity (Wildman–Crippen MR) is 57.9 cm³/mol. The van der Waals surface area contributed by atoms with E-state index in [-0.39, 0.29) is 11.6 Å². The molecule has 1 amide bonds. The molecule has 0 fully saturated rings. The highest BCUT2D eigenvalue weighted by Gasteiger charge is 2.14. The molecule has 0 radical (unpaired) electrons. The Balaban J connectivity index is 2.08. The van der Waals surface area contributed by atoms with Crippen LogP contribution >= 0.6 is 11.3 Å². The number of carbonyl (C=O) groups excluding carboxylic acids is 1. The van der Waals surface area contributed by atoms with Crippen LogP contribution in [0.2, 0.25) is 0 Å². The summed E-state index contributed by atoms with van der Waals surface area (Å²) in [6.07, 6.45) is 0. The zero-order chi connectivity index (χ0) is 11.5. The third-order valence-corrected chi connectivity index (χ3v) is 2.64. The Morgan fingerprint density at radius 3 is 3.00 bits per heavy atom. The van der Waals surface area contributed by atoms with E-state index in [0.717, 1.165) is 5.69 Å². The lowest BCUT2D eigenvalue weighted by atomic mass is 10.4. The van der Waals surface area contributed by atoms with Crippen molar-refractivity contribution in [2.45, 2.75) is 6.92 Å². The van der Waals surface area contributed by atoms with E-state index in [0.29, 0.717) is 5.13 Å². The van der Waals surface area contributed by atoms with Crippen molar-refractivity contribution < 1.29 is 14.1 Å². The SMILES string of the molecule is COc1cc(C(=O)Nc2nc(C)cs2)on1. The van der Waals surface area contributed by atoms with Gasteiger partial charge in [-0.1, -0.05) is 0 Å². The molecule has 16 heavy (non-hydrogen) atoms. The Hall–Kier alpha value is -1.89. The molecule has 1 N–H and O–H groups in total. The summed E-state index contributed by atoms with van der Waals surface area (Å²) in [6, 6.07) is 1.41. The number of methoxy groups -OCH3 is 1. The third-order valence-electron chi connectivity index (χ3n) is 1.76. The van der Waals surface area contributed by atoms with Crippen LogP contribution in [0.1, 0.15) is 16.2 Å². The maximum Gasteiger partial charge on any atom is 0.296 e. The number of ether oxygens (including phenoxy) is 1. The van der Waals surface area contributed by atoms with Gasteiger partial charge < -0.3 is 9.26 Å². The molecule has 0 saturated heterocycles. The topological polar surface area (TPSA) is 77.2 Å². The molecule has 0 spiro atoms. The van der Waals surface area contributed by atoms with E-state index in [1.807, 2.05) is 12.3 Å². The van der Waals surface area contributed by atoms with Crippen LogP contribution < -0.4 is 10.1 Å². The van der Waals surface area contributed by atoms with Crippen molar-refractivity contribution in [3.63, 3.8) is 0 Å². The van der Waals surface area contributed by atoms with Crippen molar-refractivity contribution in [2.75, 3.05) is 12.4 Å². The number of hydrogen-bond acceptors (Lipinski definition) is 6. The van der Waals surface area contributed by atoms with Crippen molar-refractivity contribution in [2.24, 2.45) is 0 Å². The first-order valence-electron chi connectivity index (χ1n) is 4.43. The van der Waals surface area contributed by atoms with E-state index in [9.17, 15) is 4.79 Å². The number of hydrogen-bond donors (Lipinski definition) is 1. The van der Waals surface area contributed by atoms with E-state index in [1.54, 1.807) is 0 Å². The molecule has 0 aliphatic rings. The maximum absolute atomic E-state index is 11.6. The number of anilines is 1. The first-order chi connectivity index (χ1) is 7.69. The van der Waals surface area contributed by atoms with Gasteiger partial charge in [-0.3, -0.25) is 10.1 Å². The number of aryl methyl sites for hydroxylation is 1. The van der Waals surface area contributed by atoms with Gasteiger partial charge >= 0.3 is 0 Å². The summed E-state index contributed by atoms with van der Waals surface area (Å²) in [7, 11) is 1.45. The molecule has 2 aromatic heterocycles. The Labute approximate surface area is 95.2 Å². The van der Waals surface area contributed by atoms with Gasteiger partial charge in [-0.05, 0) is 12.1 Å². The standard InChI is InChI=1S/C9H9N3O3S/c1-5-4-16-9(10-5)11-8(13)6-3-7(14-2)12-15-6/h3-4H,1-2H3,(H,10,11,13). The van der Waals surface area contributed by atoms with Crippen LogP contribution in [0.15, 0.2) is 16.0 Å². The molecular weight excluding hydrogens is 230 g/mol. The lowest BCUT2D eigenvalue weighted by molar-refractivity contribution is 0.0987. The van der Waals surface area contributed by atoms with Crippen molar-refractivity contribution in [3.8, 4) is 5.88 Å². The van der Waals surface area contributed by atoms with E-state index in [4.69, 9.17) is 9.26 Å². The fourth-order valence-electron chi connectivity index (χ4n) is 1.03. The summed E-state index contributed by atoms with van der Waals surface area (Å²) in [5, 5.41) is 8.49. The molecule has 2 aromatic rings. The van der Waals surface area contributed by atoms with Gasteiger partial charge in [-0.25, -0.2) is 4.98 Å². The minimum atomic E-state index is -0.398. The van der Waals surface area contributed by atoms with Gasteiger partial charge in [0.15, 0.2) is 5.13 Å². The molecule has 7 heteroatoms. The first-order valence-corrected chi connectivity index (χ1v) is 5.31. The molecule has 2 heterocycles. The first kappa shape index (κ1) is 10.6. The van der Waals surface area contributed by atoms with Crippen LogP contribution in [-0.2, 0) is 0 Å². The molecule has 0 atom stereocenters. The van der Waals surface area contributed by atoms with Gasteiger partial charge in [0.2, 0.25) is 5.76 Å². The zero-order valence-corrected chi connectivity index (χ0v) is 9.50. The van der Waals surface area contributed by atoms with Crippen LogP contribution in [0.25, 0.3) is 0 Å². The lowest BCUT2D eigenvalue weighted by Crippen LogP contribution is -2.10. The molecule has 6 nitrogen and oxygen atoms in total. The second kappa shape index (κ2) is 4.31. The number of aromatic nitrogens is 2. The van der Waals surface area contributed by atoms with Gasteiger partial charge in [0.25, 0.3) is 11.8 Å². The molecule has 0 unspecified atom stereocenters. The Morgan fingerprint density at radius 1 is 1.62 bits per heavy atom.